The fourth-order valence-corrected chi connectivity index (χ4v) is 4.07. The van der Waals surface area contributed by atoms with Crippen LogP contribution < -0.4 is 0 Å². The number of aliphatic hydroxyl groups is 1. The van der Waals surface area contributed by atoms with Crippen LogP contribution in [-0.4, -0.2) is 107 Å². The molecule has 59 heavy (non-hydrogen) atoms. The lowest BCUT2D eigenvalue weighted by Crippen LogP contribution is -2.80. The monoisotopic (exact) mass is 1000 g/mol. The van der Waals surface area contributed by atoms with Gasteiger partial charge in [-0.3, -0.25) is 0 Å². The Balaban J connectivity index is 7.74. The molecule has 1 atom stereocenters. The summed E-state index contributed by atoms with van der Waals surface area (Å²) in [5.41, 5.74) is 0. The van der Waals surface area contributed by atoms with Gasteiger partial charge in [0.2, 0.25) is 0 Å². The Morgan fingerprint density at radius 2 is 0.458 bits per heavy atom. The van der Waals surface area contributed by atoms with Gasteiger partial charge in [-0.05, 0) is 0 Å². The van der Waals surface area contributed by atoms with E-state index >= 15 is 0 Å². The van der Waals surface area contributed by atoms with Crippen LogP contribution in [-0.2, 0) is 18.1 Å². The van der Waals surface area contributed by atoms with Gasteiger partial charge in [0.1, 0.15) is 0 Å². The molecule has 0 aliphatic heterocycles. The minimum absolute atomic E-state index is 1.32. The number of phosphoric acid groups is 1. The molecule has 0 aromatic rings. The molecule has 0 radical (unpaired) electrons. The Kier molecular flexibility index (Phi) is 13.4. The van der Waals surface area contributed by atoms with Crippen LogP contribution >= 0.6 is 7.82 Å². The second kappa shape index (κ2) is 14.0. The number of rotatable bonds is 17. The molecule has 0 aliphatic carbocycles. The summed E-state index contributed by atoms with van der Waals surface area (Å²) in [4.78, 5) is 0. The normalized spacial score (nSPS) is 18.0. The third kappa shape index (κ3) is 7.95. The van der Waals surface area contributed by atoms with Crippen molar-refractivity contribution >= 4 is 7.82 Å². The van der Waals surface area contributed by atoms with Gasteiger partial charge in [0.15, 0.2) is 0 Å². The summed E-state index contributed by atoms with van der Waals surface area (Å²) in [6.45, 7) is 0. The van der Waals surface area contributed by atoms with E-state index in [-0.39, 0.29) is 0 Å². The lowest BCUT2D eigenvalue weighted by atomic mass is 9.83. The van der Waals surface area contributed by atoms with E-state index in [0.717, 1.165) is 0 Å². The minimum Gasteiger partial charge on any atom is -0.352 e. The Hall–Kier alpha value is -2.45. The molecule has 5 nitrogen and oxygen atoms in total. The molecule has 0 aromatic carbocycles. The maximum absolute atomic E-state index is 14.1. The van der Waals surface area contributed by atoms with Gasteiger partial charge in [-0.1, -0.05) is 0 Å². The standard InChI is InChI=1S/C17HF36O5P/c18-1(19,3(22,23)5(26,27)7(30,31)9(34,35)11(38,39)14(43,44)45)2(20,21)4(24,25)6(28,29)8(32,33)10(36,37)13(42,54)12(40,41)15(46,47)56-59(55,57-16(48,49)50)58-17(51,52)53/h54H. The first kappa shape index (κ1) is 56.5. The molecule has 0 spiro atoms. The van der Waals surface area contributed by atoms with Crippen LogP contribution in [0.2, 0.25) is 0 Å². The second-order valence-electron chi connectivity index (χ2n) is 10.1. The molecule has 0 bridgehead atoms. The third-order valence-corrected chi connectivity index (χ3v) is 7.47. The molecular formula is C17HF36O5P. The number of phosphoric ester groups is 1. The highest BCUT2D eigenvalue weighted by Gasteiger charge is 3.01. The third-order valence-electron chi connectivity index (χ3n) is 6.15. The molecule has 0 amide bonds. The average molecular weight is 1000 g/mol. The zero-order valence-electron chi connectivity index (χ0n) is 24.6. The highest BCUT2D eigenvalue weighted by Crippen LogP contribution is 2.70. The summed E-state index contributed by atoms with van der Waals surface area (Å²) in [6, 6.07) is 0. The fraction of sp³-hybridized carbons (Fsp3) is 1.00. The number of hydrogen-bond acceptors (Lipinski definition) is 5. The molecule has 0 saturated carbocycles. The quantitative estimate of drug-likeness (QED) is 0.116. The summed E-state index contributed by atoms with van der Waals surface area (Å²) >= 11 is 0. The lowest BCUT2D eigenvalue weighted by molar-refractivity contribution is -0.498. The van der Waals surface area contributed by atoms with Crippen LogP contribution in [0.15, 0.2) is 0 Å². The number of halogens is 36. The van der Waals surface area contributed by atoms with Crippen molar-refractivity contribution < 1.29 is 181 Å². The highest BCUT2D eigenvalue weighted by atomic mass is 31.2. The van der Waals surface area contributed by atoms with E-state index in [4.69, 9.17) is 5.11 Å². The van der Waals surface area contributed by atoms with Crippen molar-refractivity contribution in [2.24, 2.45) is 0 Å². The Labute approximate surface area is 292 Å². The van der Waals surface area contributed by atoms with E-state index in [1.165, 1.54) is 13.6 Å². The zero-order chi connectivity index (χ0) is 49.1. The summed E-state index contributed by atoms with van der Waals surface area (Å²) in [7, 11) is -8.98. The Morgan fingerprint density at radius 3 is 0.644 bits per heavy atom. The van der Waals surface area contributed by atoms with Crippen molar-refractivity contribution in [1.29, 1.82) is 0 Å². The van der Waals surface area contributed by atoms with Crippen LogP contribution in [0.4, 0.5) is 158 Å². The summed E-state index contributed by atoms with van der Waals surface area (Å²) < 4.78 is 495. The second-order valence-corrected chi connectivity index (χ2v) is 11.6. The van der Waals surface area contributed by atoms with Crippen molar-refractivity contribution in [2.45, 2.75) is 102 Å². The predicted molar refractivity (Wildman–Crippen MR) is 99.4 cm³/mol. The van der Waals surface area contributed by atoms with E-state index in [1.807, 2.05) is 0 Å². The summed E-state index contributed by atoms with van der Waals surface area (Å²) in [5, 5.41) is 8.37. The van der Waals surface area contributed by atoms with Crippen molar-refractivity contribution in [3.05, 3.63) is 0 Å². The van der Waals surface area contributed by atoms with Crippen molar-refractivity contribution in [3.63, 3.8) is 0 Å². The van der Waals surface area contributed by atoms with E-state index in [0.29, 0.717) is 0 Å². The molecule has 1 N–H and O–H groups in total. The van der Waals surface area contributed by atoms with Gasteiger partial charge in [0.05, 0.1) is 0 Å². The van der Waals surface area contributed by atoms with Gasteiger partial charge in [-0.25, -0.2) is 9.09 Å². The maximum atomic E-state index is 14.1. The number of hydrogen-bond donors (Lipinski definition) is 1. The smallest absolute Gasteiger partial charge is 0.352 e. The molecule has 0 fully saturated rings. The van der Waals surface area contributed by atoms with Crippen LogP contribution in [0.3, 0.4) is 0 Å². The van der Waals surface area contributed by atoms with Gasteiger partial charge in [-0.15, -0.1) is 26.3 Å². The minimum atomic E-state index is -10.3. The van der Waals surface area contributed by atoms with E-state index in [2.05, 4.69) is 0 Å². The van der Waals surface area contributed by atoms with Crippen LogP contribution in [0.5, 0.6) is 0 Å². The number of alkyl halides is 36. The molecule has 42 heteroatoms. The molecule has 0 aliphatic rings. The zero-order valence-corrected chi connectivity index (χ0v) is 25.5. The van der Waals surface area contributed by atoms with Crippen molar-refractivity contribution in [1.82, 2.24) is 0 Å². The molecule has 0 rings (SSSR count). The molecule has 0 aromatic heterocycles. The maximum Gasteiger partial charge on any atom is 0.531 e. The largest absolute Gasteiger partial charge is 0.531 e. The first-order valence-corrected chi connectivity index (χ1v) is 13.3. The lowest BCUT2D eigenvalue weighted by Gasteiger charge is -2.47. The van der Waals surface area contributed by atoms with Crippen molar-refractivity contribution in [3.8, 4) is 0 Å². The first-order valence-electron chi connectivity index (χ1n) is 11.9. The van der Waals surface area contributed by atoms with Gasteiger partial charge in [0, 0.05) is 0 Å². The van der Waals surface area contributed by atoms with Gasteiger partial charge in [0.25, 0.3) is 0 Å². The van der Waals surface area contributed by atoms with Gasteiger partial charge >= 0.3 is 110 Å². The predicted octanol–water partition coefficient (Wildman–Crippen LogP) is 11.6. The Morgan fingerprint density at radius 1 is 0.271 bits per heavy atom. The Bertz CT molecular complexity index is 1540. The molecule has 356 valence electrons. The molecule has 0 heterocycles. The topological polar surface area (TPSA) is 65.0 Å². The van der Waals surface area contributed by atoms with Crippen molar-refractivity contribution in [2.75, 3.05) is 0 Å². The van der Waals surface area contributed by atoms with E-state index in [9.17, 15) is 163 Å². The van der Waals surface area contributed by atoms with E-state index < -0.39 is 110 Å². The highest BCUT2D eigenvalue weighted by molar-refractivity contribution is 7.48. The average Bonchev–Trinajstić information content (AvgIpc) is 2.92. The SMILES string of the molecule is O=P(OC(F)(F)F)(OC(F)(F)F)OC(F)(F)C(F)(F)C(O)(F)C(F)(F)C(F)(F)C(F)(F)C(F)(F)C(F)(F)C(F)(F)C(F)(F)C(F)(F)C(F)(F)C(F)(F)C(F)(F)C(F)(F)F. The first-order chi connectivity index (χ1) is 24.6. The fourth-order valence-electron chi connectivity index (χ4n) is 3.06. The van der Waals surface area contributed by atoms with Crippen LogP contribution in [0.1, 0.15) is 0 Å². The molecular weight excluding hydrogens is 999 g/mol. The van der Waals surface area contributed by atoms with Gasteiger partial charge in [-0.2, -0.15) is 141 Å². The molecule has 1 unspecified atom stereocenters. The van der Waals surface area contributed by atoms with Crippen LogP contribution in [0, 0.1) is 0 Å². The molecule has 0 saturated heterocycles. The van der Waals surface area contributed by atoms with Crippen LogP contribution in [0.25, 0.3) is 0 Å². The summed E-state index contributed by atoms with van der Waals surface area (Å²) in [6.07, 6.45) is -31.9. The summed E-state index contributed by atoms with van der Waals surface area (Å²) in [5.74, 6) is -129. The van der Waals surface area contributed by atoms with Gasteiger partial charge < -0.3 is 5.11 Å². The van der Waals surface area contributed by atoms with E-state index in [1.54, 1.807) is 0 Å².